The molecule has 45 heteroatoms. The van der Waals surface area contributed by atoms with Gasteiger partial charge in [0.05, 0.1) is 119 Å². The number of carbonyl (C=O) groups is 15. The molecule has 45 nitrogen and oxygen atoms in total. The van der Waals surface area contributed by atoms with Gasteiger partial charge in [-0.15, -0.1) is 0 Å². The average molecular weight is 1820 g/mol. The predicted molar refractivity (Wildman–Crippen MR) is 430 cm³/mol. The second kappa shape index (κ2) is 65.3. The number of esters is 10. The maximum absolute atomic E-state index is 14.3. The lowest BCUT2D eigenvalue weighted by atomic mass is 9.96. The van der Waals surface area contributed by atoms with Gasteiger partial charge in [0.2, 0.25) is 29.5 Å². The highest BCUT2D eigenvalue weighted by Gasteiger charge is 2.52. The van der Waals surface area contributed by atoms with Crippen molar-refractivity contribution in [2.75, 3.05) is 172 Å². The largest absolute Gasteiger partial charge is 0.463 e. The molecule has 720 valence electrons. The summed E-state index contributed by atoms with van der Waals surface area (Å²) < 4.78 is 139. The highest BCUT2D eigenvalue weighted by atomic mass is 16.7. The predicted octanol–water partition coefficient (Wildman–Crippen LogP) is -0.399. The van der Waals surface area contributed by atoms with Crippen LogP contribution in [-0.4, -0.2) is 353 Å². The SMILES string of the molecule is CC(=O)N[C@H]1[C@H](OCCOCCOCCOCC(=O)NCCCC[C@H](NC(=O)COCCOCCOCCO[C@H]2CC[C@@H](OC(C)=O)[C@@H](OC(C)=O)[C@@H](COC(C)=O)O2)C(=O)N[C@@H](CCCCNC(=O)COCCOCCOCCO[C@H]2C[C@@H](OC(C)=O)[C@@H](OC(C)=O)[C@@H](COC(C)=O)O2)C(=O)OCc2ccccc2)O[C@H](COC(C)=O)[C@H](OC(C)=O)[C@@H]1OC(C)=O. The fourth-order valence-electron chi connectivity index (χ4n) is 12.5. The molecule has 0 unspecified atom stereocenters. The molecule has 0 spiro atoms. The first-order valence-corrected chi connectivity index (χ1v) is 41.9. The minimum Gasteiger partial charge on any atom is -0.463 e. The van der Waals surface area contributed by atoms with Crippen molar-refractivity contribution in [3.63, 3.8) is 0 Å². The summed E-state index contributed by atoms with van der Waals surface area (Å²) in [5, 5.41) is 13.6. The van der Waals surface area contributed by atoms with E-state index >= 15 is 0 Å². The normalized spacial score (nSPS) is 21.3. The van der Waals surface area contributed by atoms with Crippen molar-refractivity contribution in [2.24, 2.45) is 0 Å². The van der Waals surface area contributed by atoms with Gasteiger partial charge in [0.25, 0.3) is 0 Å². The van der Waals surface area contributed by atoms with E-state index in [1.54, 1.807) is 30.3 Å². The van der Waals surface area contributed by atoms with Crippen LogP contribution in [0.4, 0.5) is 0 Å². The molecule has 4 rings (SSSR count). The summed E-state index contributed by atoms with van der Waals surface area (Å²) in [7, 11) is 0. The van der Waals surface area contributed by atoms with E-state index < -0.39 is 194 Å². The maximum atomic E-state index is 14.3. The average Bonchev–Trinajstić information content (AvgIpc) is 1.79. The van der Waals surface area contributed by atoms with Gasteiger partial charge in [-0.2, -0.15) is 0 Å². The van der Waals surface area contributed by atoms with Gasteiger partial charge >= 0.3 is 59.7 Å². The number of nitrogens with one attached hydrogen (secondary N) is 5. The van der Waals surface area contributed by atoms with Crippen LogP contribution in [0, 0.1) is 0 Å². The van der Waals surface area contributed by atoms with Gasteiger partial charge in [-0.1, -0.05) is 30.3 Å². The van der Waals surface area contributed by atoms with Crippen LogP contribution in [0.25, 0.3) is 0 Å². The van der Waals surface area contributed by atoms with Gasteiger partial charge < -0.3 is 145 Å². The van der Waals surface area contributed by atoms with E-state index in [1.165, 1.54) is 48.5 Å². The number of ether oxygens (including phenoxy) is 25. The minimum absolute atomic E-state index is 0.00303. The molecule has 3 aliphatic heterocycles. The summed E-state index contributed by atoms with van der Waals surface area (Å²) in [6.45, 7) is 11.3. The molecule has 1 aromatic rings. The zero-order chi connectivity index (χ0) is 93.1. The summed E-state index contributed by atoms with van der Waals surface area (Å²) in [5.41, 5.74) is 0.679. The molecule has 0 saturated carbocycles. The van der Waals surface area contributed by atoms with Crippen molar-refractivity contribution in [1.82, 2.24) is 26.6 Å². The van der Waals surface area contributed by atoms with Crippen LogP contribution in [0.5, 0.6) is 0 Å². The molecule has 3 saturated heterocycles. The van der Waals surface area contributed by atoms with Crippen LogP contribution in [0.3, 0.4) is 0 Å². The van der Waals surface area contributed by atoms with E-state index in [-0.39, 0.29) is 204 Å². The lowest BCUT2D eigenvalue weighted by molar-refractivity contribution is -0.279. The Morgan fingerprint density at radius 3 is 1.20 bits per heavy atom. The van der Waals surface area contributed by atoms with Crippen molar-refractivity contribution in [2.45, 2.75) is 226 Å². The van der Waals surface area contributed by atoms with Crippen molar-refractivity contribution in [3.8, 4) is 0 Å². The summed E-state index contributed by atoms with van der Waals surface area (Å²) in [6.07, 6.45) is -10.9. The van der Waals surface area contributed by atoms with E-state index in [0.717, 1.165) is 20.8 Å². The van der Waals surface area contributed by atoms with Crippen LogP contribution >= 0.6 is 0 Å². The van der Waals surface area contributed by atoms with E-state index in [1.807, 2.05) is 0 Å². The second-order valence-corrected chi connectivity index (χ2v) is 28.7. The number of amides is 5. The van der Waals surface area contributed by atoms with E-state index in [9.17, 15) is 71.9 Å². The molecule has 0 aliphatic carbocycles. The number of rotatable bonds is 65. The first-order chi connectivity index (χ1) is 60.9. The van der Waals surface area contributed by atoms with Crippen LogP contribution < -0.4 is 26.6 Å². The Morgan fingerprint density at radius 2 is 0.748 bits per heavy atom. The van der Waals surface area contributed by atoms with E-state index in [0.29, 0.717) is 24.8 Å². The van der Waals surface area contributed by atoms with E-state index in [2.05, 4.69) is 26.6 Å². The van der Waals surface area contributed by atoms with Gasteiger partial charge in [0.1, 0.15) is 94.9 Å². The summed E-state index contributed by atoms with van der Waals surface area (Å²) >= 11 is 0. The van der Waals surface area contributed by atoms with Gasteiger partial charge in [-0.25, -0.2) is 4.79 Å². The Bertz CT molecular complexity index is 3470. The quantitative estimate of drug-likeness (QED) is 0.0315. The molecule has 127 heavy (non-hydrogen) atoms. The maximum Gasteiger partial charge on any atom is 0.328 e. The Kier molecular flexibility index (Phi) is 56.5. The Morgan fingerprint density at radius 1 is 0.362 bits per heavy atom. The van der Waals surface area contributed by atoms with Crippen molar-refractivity contribution >= 4 is 89.2 Å². The third-order valence-electron chi connectivity index (χ3n) is 17.9. The van der Waals surface area contributed by atoms with Gasteiger partial charge in [0.15, 0.2) is 43.3 Å². The summed E-state index contributed by atoms with van der Waals surface area (Å²) in [5.74, 6) is -9.50. The lowest BCUT2D eigenvalue weighted by Crippen LogP contribution is -2.66. The van der Waals surface area contributed by atoms with Crippen LogP contribution in [0.1, 0.15) is 133 Å². The first-order valence-electron chi connectivity index (χ1n) is 41.9. The monoisotopic (exact) mass is 1820 g/mol. The van der Waals surface area contributed by atoms with Crippen LogP contribution in [0.2, 0.25) is 0 Å². The highest BCUT2D eigenvalue weighted by molar-refractivity contribution is 5.91. The molecule has 3 fully saturated rings. The van der Waals surface area contributed by atoms with Crippen LogP contribution in [-0.2, 0) is 197 Å². The molecule has 15 atom stereocenters. The smallest absolute Gasteiger partial charge is 0.328 e. The highest BCUT2D eigenvalue weighted by Crippen LogP contribution is 2.31. The molecule has 5 N–H and O–H groups in total. The molecule has 5 amide bonds. The molecular weight excluding hydrogens is 1690 g/mol. The van der Waals surface area contributed by atoms with Crippen molar-refractivity contribution in [3.05, 3.63) is 35.9 Å². The standard InChI is InChI=1S/C82H127N5O40/c1-52(88)85-75-79(124-61(10)97)78(123-60(9)96)69(48-117-55(4)91)127-82(75)114-43-40-108-31-28-104-33-36-109-49-70(98)83-24-16-14-20-63(86-72(100)51-111-37-34-105-26-29-106-38-41-112-73-23-22-65(119-56(5)92)76(121-58(7)94)67(125-73)46-115-53(2)89)80(101)87-64(81(102)118-45-62-18-12-11-13-19-62)21-15-17-25-84-71(99)50-110-35-32-103-27-30-107-39-42-113-74-44-66(120-57(6)93)77(122-59(8)95)68(126-74)47-116-54(3)90/h11-13,18-19,63-69,73-79,82H,14-17,20-51H2,1-10H3,(H,83,98)(H,84,99)(H,85,88)(H,86,100)(H,87,101)/t63-,64-,65+,66+,67+,68+,69+,73+,74+,75+,76+,77+,78-,79+,82+/m0/s1. The zero-order valence-corrected chi connectivity index (χ0v) is 73.8. The topological polar surface area (TPSA) is 547 Å². The fourth-order valence-corrected chi connectivity index (χ4v) is 12.5. The van der Waals surface area contributed by atoms with Gasteiger partial charge in [-0.05, 0) is 50.5 Å². The summed E-state index contributed by atoms with van der Waals surface area (Å²) in [4.78, 5) is 186. The lowest BCUT2D eigenvalue weighted by Gasteiger charge is -2.44. The zero-order valence-electron chi connectivity index (χ0n) is 73.8. The van der Waals surface area contributed by atoms with E-state index in [4.69, 9.17) is 118 Å². The fraction of sp³-hybridized carbons (Fsp3) is 0.744. The number of carbonyl (C=O) groups excluding carboxylic acids is 15. The Labute approximate surface area is 736 Å². The number of unbranched alkanes of at least 4 members (excludes halogenated alkanes) is 2. The minimum atomic E-state index is -1.30. The summed E-state index contributed by atoms with van der Waals surface area (Å²) in [6, 6.07) is 5.26. The van der Waals surface area contributed by atoms with Crippen molar-refractivity contribution < 1.29 is 190 Å². The number of benzene rings is 1. The Balaban J connectivity index is 1.24. The third-order valence-corrected chi connectivity index (χ3v) is 17.9. The first kappa shape index (κ1) is 110. The van der Waals surface area contributed by atoms with Crippen LogP contribution in [0.15, 0.2) is 30.3 Å². The van der Waals surface area contributed by atoms with Crippen molar-refractivity contribution in [1.29, 1.82) is 0 Å². The molecule has 0 radical (unpaired) electrons. The second-order valence-electron chi connectivity index (χ2n) is 28.7. The molecule has 3 heterocycles. The number of hydrogen-bond donors (Lipinski definition) is 5. The molecule has 1 aromatic carbocycles. The Hall–Kier alpha value is -9.33. The number of hydrogen-bond acceptors (Lipinski definition) is 40. The molecule has 0 bridgehead atoms. The van der Waals surface area contributed by atoms with Gasteiger partial charge in [0, 0.05) is 95.2 Å². The molecular formula is C82H127N5O40. The third kappa shape index (κ3) is 50.9. The molecule has 3 aliphatic rings. The molecule has 0 aromatic heterocycles. The van der Waals surface area contributed by atoms with Gasteiger partial charge in [-0.3, -0.25) is 67.1 Å².